The number of benzene rings is 2. The second-order valence-electron chi connectivity index (χ2n) is 8.32. The number of nitrogens with one attached hydrogen (secondary N) is 2. The molecule has 2 aromatic carbocycles. The van der Waals surface area contributed by atoms with Crippen LogP contribution in [0.2, 0.25) is 0 Å². The van der Waals surface area contributed by atoms with Gasteiger partial charge >= 0.3 is 5.24 Å². The van der Waals surface area contributed by atoms with Gasteiger partial charge in [-0.1, -0.05) is 23.9 Å². The fourth-order valence-corrected chi connectivity index (χ4v) is 4.70. The fraction of sp³-hybridized carbons (Fsp3) is 0.400. The van der Waals surface area contributed by atoms with E-state index in [9.17, 15) is 9.59 Å². The molecule has 1 fully saturated rings. The number of hydrazone groups is 1. The van der Waals surface area contributed by atoms with Crippen LogP contribution >= 0.6 is 11.8 Å². The summed E-state index contributed by atoms with van der Waals surface area (Å²) in [6, 6.07) is 13.1. The molecule has 4 rings (SSSR count). The van der Waals surface area contributed by atoms with Crippen LogP contribution in [0.5, 0.6) is 11.5 Å². The molecule has 0 spiro atoms. The van der Waals surface area contributed by atoms with Crippen molar-refractivity contribution in [1.29, 1.82) is 0 Å². The van der Waals surface area contributed by atoms with E-state index < -0.39 is 0 Å². The van der Waals surface area contributed by atoms with Crippen LogP contribution in [0, 0.1) is 0 Å². The van der Waals surface area contributed by atoms with Gasteiger partial charge in [0.05, 0.1) is 26.5 Å². The predicted octanol–water partition coefficient (Wildman–Crippen LogP) is 3.01. The number of piperazine rings is 1. The minimum absolute atomic E-state index is 0.00283. The Balaban J connectivity index is 1.35. The Labute approximate surface area is 209 Å². The van der Waals surface area contributed by atoms with Crippen molar-refractivity contribution in [3.63, 3.8) is 0 Å². The summed E-state index contributed by atoms with van der Waals surface area (Å²) in [5, 5.41) is 12.2. The van der Waals surface area contributed by atoms with Gasteiger partial charge in [0.2, 0.25) is 5.91 Å². The van der Waals surface area contributed by atoms with E-state index in [-0.39, 0.29) is 11.1 Å². The first kappa shape index (κ1) is 25.0. The second kappa shape index (κ2) is 12.1. The third kappa shape index (κ3) is 6.74. The summed E-state index contributed by atoms with van der Waals surface area (Å²) in [6.45, 7) is 5.01. The van der Waals surface area contributed by atoms with E-state index in [0.29, 0.717) is 30.2 Å². The molecule has 35 heavy (non-hydrogen) atoms. The zero-order chi connectivity index (χ0) is 24.6. The molecule has 0 aliphatic carbocycles. The molecule has 2 aromatic rings. The third-order valence-corrected chi connectivity index (χ3v) is 6.81. The summed E-state index contributed by atoms with van der Waals surface area (Å²) in [5.41, 5.74) is 3.35. The summed E-state index contributed by atoms with van der Waals surface area (Å²) in [6.07, 6.45) is 0.467. The molecule has 2 amide bonds. The maximum Gasteiger partial charge on any atom is 0.302 e. The molecule has 2 aliphatic heterocycles. The smallest absolute Gasteiger partial charge is 0.302 e. The highest BCUT2D eigenvalue weighted by molar-refractivity contribution is 8.14. The molecule has 0 radical (unpaired) electrons. The van der Waals surface area contributed by atoms with Crippen molar-refractivity contribution >= 4 is 34.3 Å². The van der Waals surface area contributed by atoms with Gasteiger partial charge in [-0.2, -0.15) is 5.10 Å². The number of nitrogens with zero attached hydrogens (tertiary/aromatic N) is 3. The molecule has 0 unspecified atom stereocenters. The first-order valence-electron chi connectivity index (χ1n) is 11.6. The van der Waals surface area contributed by atoms with Crippen LogP contribution in [0.25, 0.3) is 0 Å². The van der Waals surface area contributed by atoms with Gasteiger partial charge in [-0.25, -0.2) is 5.01 Å². The largest absolute Gasteiger partial charge is 0.493 e. The predicted molar refractivity (Wildman–Crippen MR) is 138 cm³/mol. The van der Waals surface area contributed by atoms with Gasteiger partial charge in [-0.3, -0.25) is 9.59 Å². The fourth-order valence-electron chi connectivity index (χ4n) is 3.96. The Kier molecular flexibility index (Phi) is 8.62. The van der Waals surface area contributed by atoms with Crippen LogP contribution < -0.4 is 20.1 Å². The minimum atomic E-state index is -0.0977. The summed E-state index contributed by atoms with van der Waals surface area (Å²) in [4.78, 5) is 27.1. The van der Waals surface area contributed by atoms with E-state index in [1.807, 2.05) is 42.5 Å². The van der Waals surface area contributed by atoms with E-state index in [4.69, 9.17) is 9.47 Å². The van der Waals surface area contributed by atoms with Gasteiger partial charge in [-0.15, -0.1) is 0 Å². The molecular weight excluding hydrogens is 466 g/mol. The number of carbonyl (C=O) groups is 2. The lowest BCUT2D eigenvalue weighted by molar-refractivity contribution is -0.116. The first-order valence-corrected chi connectivity index (χ1v) is 12.6. The van der Waals surface area contributed by atoms with E-state index in [1.165, 1.54) is 16.8 Å². The molecule has 9 nitrogen and oxygen atoms in total. The van der Waals surface area contributed by atoms with Crippen molar-refractivity contribution in [3.05, 3.63) is 53.6 Å². The Morgan fingerprint density at radius 2 is 1.83 bits per heavy atom. The number of hydrogen-bond acceptors (Lipinski definition) is 8. The van der Waals surface area contributed by atoms with Gasteiger partial charge in [0.1, 0.15) is 0 Å². The van der Waals surface area contributed by atoms with Crippen LogP contribution in [-0.4, -0.2) is 79.5 Å². The molecule has 1 saturated heterocycles. The van der Waals surface area contributed by atoms with Crippen molar-refractivity contribution in [2.45, 2.75) is 13.0 Å². The standard InChI is InChI=1S/C25H31N5O4S/c1-33-22-8-5-19(15-23(22)34-2)21-17-35-25(32)30(28-21)16-18-3-6-20(7-4-18)27-24(31)9-12-29-13-10-26-11-14-29/h3-8,15,26H,9-14,16-17H2,1-2H3,(H,27,31). The number of hydrogen-bond donors (Lipinski definition) is 2. The van der Waals surface area contributed by atoms with Crippen molar-refractivity contribution in [1.82, 2.24) is 15.2 Å². The molecule has 0 saturated carbocycles. The minimum Gasteiger partial charge on any atom is -0.493 e. The van der Waals surface area contributed by atoms with Gasteiger partial charge in [-0.05, 0) is 35.9 Å². The number of thioether (sulfide) groups is 1. The molecule has 0 bridgehead atoms. The Morgan fingerprint density at radius 1 is 1.09 bits per heavy atom. The summed E-state index contributed by atoms with van der Waals surface area (Å²) in [7, 11) is 3.18. The maximum absolute atomic E-state index is 12.5. The molecule has 186 valence electrons. The highest BCUT2D eigenvalue weighted by atomic mass is 32.2. The topological polar surface area (TPSA) is 95.5 Å². The van der Waals surface area contributed by atoms with Crippen LogP contribution in [-0.2, 0) is 11.3 Å². The lowest BCUT2D eigenvalue weighted by Crippen LogP contribution is -2.44. The zero-order valence-corrected chi connectivity index (χ0v) is 20.9. The van der Waals surface area contributed by atoms with Crippen molar-refractivity contribution in [3.8, 4) is 11.5 Å². The monoisotopic (exact) mass is 497 g/mol. The summed E-state index contributed by atoms with van der Waals surface area (Å²) in [5.74, 6) is 1.75. The van der Waals surface area contributed by atoms with Gasteiger partial charge in [0.15, 0.2) is 11.5 Å². The molecule has 0 atom stereocenters. The SMILES string of the molecule is COc1ccc(C2=NN(Cc3ccc(NC(=O)CCN4CCNCC4)cc3)C(=O)SC2)cc1OC. The lowest BCUT2D eigenvalue weighted by atomic mass is 10.1. The van der Waals surface area contributed by atoms with E-state index in [2.05, 4.69) is 20.6 Å². The summed E-state index contributed by atoms with van der Waals surface area (Å²) < 4.78 is 10.7. The molecule has 2 aliphatic rings. The van der Waals surface area contributed by atoms with Gasteiger partial charge in [0, 0.05) is 56.1 Å². The third-order valence-electron chi connectivity index (χ3n) is 5.94. The number of amides is 2. The number of carbonyl (C=O) groups excluding carboxylic acids is 2. The highest BCUT2D eigenvalue weighted by Crippen LogP contribution is 2.30. The van der Waals surface area contributed by atoms with Gasteiger partial charge in [0.25, 0.3) is 0 Å². The van der Waals surface area contributed by atoms with Crippen LogP contribution in [0.4, 0.5) is 10.5 Å². The summed E-state index contributed by atoms with van der Waals surface area (Å²) >= 11 is 1.22. The van der Waals surface area contributed by atoms with Crippen LogP contribution in [0.1, 0.15) is 17.5 Å². The van der Waals surface area contributed by atoms with Crippen molar-refractivity contribution < 1.29 is 19.1 Å². The van der Waals surface area contributed by atoms with Crippen LogP contribution in [0.15, 0.2) is 47.6 Å². The number of anilines is 1. The van der Waals surface area contributed by atoms with Crippen molar-refractivity contribution in [2.75, 3.05) is 58.0 Å². The molecule has 2 heterocycles. The molecule has 0 aromatic heterocycles. The zero-order valence-electron chi connectivity index (χ0n) is 20.1. The normalized spacial score (nSPS) is 16.6. The van der Waals surface area contributed by atoms with Crippen LogP contribution in [0.3, 0.4) is 0 Å². The first-order chi connectivity index (χ1) is 17.1. The Bertz CT molecular complexity index is 1070. The van der Waals surface area contributed by atoms with E-state index in [0.717, 1.165) is 55.2 Å². The second-order valence-corrected chi connectivity index (χ2v) is 9.24. The maximum atomic E-state index is 12.5. The van der Waals surface area contributed by atoms with Crippen molar-refractivity contribution in [2.24, 2.45) is 5.10 Å². The van der Waals surface area contributed by atoms with E-state index in [1.54, 1.807) is 14.2 Å². The molecule has 2 N–H and O–H groups in total. The highest BCUT2D eigenvalue weighted by Gasteiger charge is 2.23. The average Bonchev–Trinajstić information content (AvgIpc) is 2.90. The lowest BCUT2D eigenvalue weighted by Gasteiger charge is -2.26. The average molecular weight is 498 g/mol. The van der Waals surface area contributed by atoms with Gasteiger partial charge < -0.3 is 25.0 Å². The quantitative estimate of drug-likeness (QED) is 0.550. The molecule has 10 heteroatoms. The number of rotatable bonds is 9. The Morgan fingerprint density at radius 3 is 2.54 bits per heavy atom. The molecular formula is C25H31N5O4S. The number of methoxy groups -OCH3 is 2. The Hall–Kier alpha value is -3.08. The number of ether oxygens (including phenoxy) is 2. The van der Waals surface area contributed by atoms with E-state index >= 15 is 0 Å².